The summed E-state index contributed by atoms with van der Waals surface area (Å²) in [6, 6.07) is -0.670. The van der Waals surface area contributed by atoms with Gasteiger partial charge in [-0.15, -0.1) is 0 Å². The Morgan fingerprint density at radius 1 is 1.05 bits per heavy atom. The summed E-state index contributed by atoms with van der Waals surface area (Å²) < 4.78 is 0. The molecule has 0 saturated heterocycles. The molecule has 0 aromatic heterocycles. The third-order valence-electron chi connectivity index (χ3n) is 3.56. The summed E-state index contributed by atoms with van der Waals surface area (Å²) in [7, 11) is 0. The topological polar surface area (TPSA) is 95.5 Å². The minimum Gasteiger partial charge on any atom is -0.481 e. The zero-order valence-electron chi connectivity index (χ0n) is 12.0. The smallest absolute Gasteiger partial charge is 0.307 e. The lowest BCUT2D eigenvalue weighted by atomic mass is 10.1. The van der Waals surface area contributed by atoms with Gasteiger partial charge in [0.2, 0.25) is 11.8 Å². The lowest BCUT2D eigenvalue weighted by Gasteiger charge is -2.16. The molecule has 6 nitrogen and oxygen atoms in total. The maximum atomic E-state index is 12.0. The van der Waals surface area contributed by atoms with Gasteiger partial charge in [0.05, 0.1) is 11.8 Å². The highest BCUT2D eigenvalue weighted by molar-refractivity contribution is 5.94. The van der Waals surface area contributed by atoms with Crippen molar-refractivity contribution < 1.29 is 19.5 Å². The number of carboxylic acid groups (broad SMARTS) is 1. The Morgan fingerprint density at radius 3 is 1.95 bits per heavy atom. The number of nitrogens with one attached hydrogen (secondary N) is 2. The molecule has 0 spiro atoms. The molecule has 108 valence electrons. The van der Waals surface area contributed by atoms with E-state index in [1.54, 1.807) is 20.8 Å². The molecule has 3 atom stereocenters. The lowest BCUT2D eigenvalue weighted by molar-refractivity contribution is -0.140. The standard InChI is InChI=1S/C13H22N2O4/c1-6(2)14-10(16)7(3)15-11(17)8-9(12(18)19)13(8,4)5/h6-9H,1-5H3,(H,14,16)(H,15,17)(H,18,19)/t7?,8-,9+/m1/s1. The second kappa shape index (κ2) is 5.19. The van der Waals surface area contributed by atoms with Crippen molar-refractivity contribution in [2.45, 2.75) is 46.7 Å². The van der Waals surface area contributed by atoms with Gasteiger partial charge in [-0.05, 0) is 26.2 Å². The Morgan fingerprint density at radius 2 is 1.58 bits per heavy atom. The number of aliphatic carboxylic acids is 1. The molecule has 0 heterocycles. The summed E-state index contributed by atoms with van der Waals surface area (Å²) in [5, 5.41) is 14.3. The van der Waals surface area contributed by atoms with Crippen LogP contribution in [0.15, 0.2) is 0 Å². The van der Waals surface area contributed by atoms with E-state index in [9.17, 15) is 14.4 Å². The van der Waals surface area contributed by atoms with Crippen LogP contribution in [0.4, 0.5) is 0 Å². The van der Waals surface area contributed by atoms with Crippen molar-refractivity contribution >= 4 is 17.8 Å². The van der Waals surface area contributed by atoms with Crippen molar-refractivity contribution in [2.24, 2.45) is 17.3 Å². The van der Waals surface area contributed by atoms with Crippen molar-refractivity contribution in [3.8, 4) is 0 Å². The predicted molar refractivity (Wildman–Crippen MR) is 69.3 cm³/mol. The van der Waals surface area contributed by atoms with E-state index >= 15 is 0 Å². The van der Waals surface area contributed by atoms with Crippen LogP contribution >= 0.6 is 0 Å². The van der Waals surface area contributed by atoms with Gasteiger partial charge in [0.15, 0.2) is 0 Å². The first-order valence-electron chi connectivity index (χ1n) is 6.42. The fourth-order valence-corrected chi connectivity index (χ4v) is 2.37. The van der Waals surface area contributed by atoms with E-state index in [-0.39, 0.29) is 17.9 Å². The molecule has 1 aliphatic rings. The summed E-state index contributed by atoms with van der Waals surface area (Å²) in [5.41, 5.74) is -0.551. The Labute approximate surface area is 112 Å². The molecule has 1 rings (SSSR count). The third kappa shape index (κ3) is 3.24. The van der Waals surface area contributed by atoms with Crippen LogP contribution < -0.4 is 10.6 Å². The molecule has 1 fully saturated rings. The molecule has 3 N–H and O–H groups in total. The Hall–Kier alpha value is -1.59. The second-order valence-corrected chi connectivity index (χ2v) is 6.01. The average molecular weight is 270 g/mol. The highest BCUT2D eigenvalue weighted by atomic mass is 16.4. The summed E-state index contributed by atoms with van der Waals surface area (Å²) >= 11 is 0. The van der Waals surface area contributed by atoms with Crippen molar-refractivity contribution in [3.63, 3.8) is 0 Å². The number of hydrogen-bond donors (Lipinski definition) is 3. The monoisotopic (exact) mass is 270 g/mol. The molecule has 0 aromatic carbocycles. The van der Waals surface area contributed by atoms with Gasteiger partial charge < -0.3 is 15.7 Å². The molecular formula is C13H22N2O4. The van der Waals surface area contributed by atoms with E-state index in [2.05, 4.69) is 10.6 Å². The largest absolute Gasteiger partial charge is 0.481 e. The zero-order valence-corrected chi connectivity index (χ0v) is 12.0. The van der Waals surface area contributed by atoms with Crippen LogP contribution in [-0.4, -0.2) is 35.0 Å². The normalized spacial score (nSPS) is 25.6. The van der Waals surface area contributed by atoms with Crippen LogP contribution in [0.25, 0.3) is 0 Å². The van der Waals surface area contributed by atoms with Crippen LogP contribution in [0.3, 0.4) is 0 Å². The Balaban J connectivity index is 2.57. The molecule has 6 heteroatoms. The third-order valence-corrected chi connectivity index (χ3v) is 3.56. The minimum absolute atomic E-state index is 0.00372. The summed E-state index contributed by atoms with van der Waals surface area (Å²) in [5.74, 6) is -2.85. The molecule has 0 aromatic rings. The van der Waals surface area contributed by atoms with Crippen LogP contribution in [0.5, 0.6) is 0 Å². The first-order chi connectivity index (χ1) is 8.59. The van der Waals surface area contributed by atoms with E-state index in [0.717, 1.165) is 0 Å². The minimum atomic E-state index is -0.968. The molecule has 0 radical (unpaired) electrons. The van der Waals surface area contributed by atoms with Crippen molar-refractivity contribution in [2.75, 3.05) is 0 Å². The number of rotatable bonds is 5. The Bertz CT molecular complexity index is 403. The number of carbonyl (C=O) groups is 3. The van der Waals surface area contributed by atoms with Gasteiger partial charge in [0.25, 0.3) is 0 Å². The van der Waals surface area contributed by atoms with Gasteiger partial charge in [0.1, 0.15) is 6.04 Å². The van der Waals surface area contributed by atoms with E-state index in [1.807, 2.05) is 13.8 Å². The van der Waals surface area contributed by atoms with Crippen molar-refractivity contribution in [1.29, 1.82) is 0 Å². The Kier molecular flexibility index (Phi) is 4.22. The first-order valence-corrected chi connectivity index (χ1v) is 6.42. The zero-order chi connectivity index (χ0) is 15.0. The lowest BCUT2D eigenvalue weighted by Crippen LogP contribution is -2.47. The van der Waals surface area contributed by atoms with Crippen molar-refractivity contribution in [3.05, 3.63) is 0 Å². The highest BCUT2D eigenvalue weighted by Crippen LogP contribution is 2.58. The predicted octanol–water partition coefficient (Wildman–Crippen LogP) is 0.372. The van der Waals surface area contributed by atoms with E-state index in [4.69, 9.17) is 5.11 Å². The summed E-state index contributed by atoms with van der Waals surface area (Å²) in [4.78, 5) is 34.6. The SMILES string of the molecule is CC(C)NC(=O)C(C)NC(=O)[C@H]1[C@@H](C(=O)O)C1(C)C. The van der Waals surface area contributed by atoms with Crippen LogP contribution in [-0.2, 0) is 14.4 Å². The van der Waals surface area contributed by atoms with E-state index in [1.165, 1.54) is 0 Å². The van der Waals surface area contributed by atoms with Gasteiger partial charge in [-0.1, -0.05) is 13.8 Å². The summed E-state index contributed by atoms with van der Waals surface area (Å²) in [6.07, 6.45) is 0. The second-order valence-electron chi connectivity index (χ2n) is 6.01. The van der Waals surface area contributed by atoms with E-state index in [0.29, 0.717) is 0 Å². The quantitative estimate of drug-likeness (QED) is 0.672. The molecule has 1 unspecified atom stereocenters. The maximum Gasteiger partial charge on any atom is 0.307 e. The molecule has 1 saturated carbocycles. The molecule has 1 aliphatic carbocycles. The fraction of sp³-hybridized carbons (Fsp3) is 0.769. The number of hydrogen-bond acceptors (Lipinski definition) is 3. The number of carbonyl (C=O) groups excluding carboxylic acids is 2. The van der Waals surface area contributed by atoms with Gasteiger partial charge >= 0.3 is 5.97 Å². The van der Waals surface area contributed by atoms with Crippen LogP contribution in [0.1, 0.15) is 34.6 Å². The van der Waals surface area contributed by atoms with Gasteiger partial charge in [-0.3, -0.25) is 14.4 Å². The maximum absolute atomic E-state index is 12.0. The fourth-order valence-electron chi connectivity index (χ4n) is 2.37. The van der Waals surface area contributed by atoms with E-state index < -0.39 is 29.3 Å². The molecule has 19 heavy (non-hydrogen) atoms. The van der Waals surface area contributed by atoms with Crippen LogP contribution in [0, 0.1) is 17.3 Å². The van der Waals surface area contributed by atoms with Gasteiger partial charge in [-0.25, -0.2) is 0 Å². The van der Waals surface area contributed by atoms with Gasteiger partial charge in [-0.2, -0.15) is 0 Å². The van der Waals surface area contributed by atoms with Gasteiger partial charge in [0, 0.05) is 6.04 Å². The average Bonchev–Trinajstić information content (AvgIpc) is 2.80. The number of carboxylic acids is 1. The van der Waals surface area contributed by atoms with Crippen LogP contribution in [0.2, 0.25) is 0 Å². The molecular weight excluding hydrogens is 248 g/mol. The summed E-state index contributed by atoms with van der Waals surface area (Å²) in [6.45, 7) is 8.73. The first kappa shape index (κ1) is 15.5. The highest BCUT2D eigenvalue weighted by Gasteiger charge is 2.66. The molecule has 0 bridgehead atoms. The molecule has 0 aliphatic heterocycles. The van der Waals surface area contributed by atoms with Crippen molar-refractivity contribution in [1.82, 2.24) is 10.6 Å². The number of amides is 2. The molecule has 2 amide bonds.